The van der Waals surface area contributed by atoms with E-state index in [1.807, 2.05) is 0 Å². The van der Waals surface area contributed by atoms with E-state index < -0.39 is 0 Å². The summed E-state index contributed by atoms with van der Waals surface area (Å²) < 4.78 is 6.22. The summed E-state index contributed by atoms with van der Waals surface area (Å²) in [5.41, 5.74) is -0.291. The van der Waals surface area contributed by atoms with Gasteiger partial charge in [0.05, 0.1) is 6.10 Å². The van der Waals surface area contributed by atoms with Crippen molar-refractivity contribution in [2.24, 2.45) is 47.3 Å². The predicted octanol–water partition coefficient (Wildman–Crippen LogP) is 0.788. The van der Waals surface area contributed by atoms with E-state index in [0.717, 1.165) is 35.5 Å². The summed E-state index contributed by atoms with van der Waals surface area (Å²) in [6.45, 7) is 0.0955. The fourth-order valence-electron chi connectivity index (χ4n) is 7.66. The van der Waals surface area contributed by atoms with E-state index in [-0.39, 0.29) is 17.1 Å². The van der Waals surface area contributed by atoms with Gasteiger partial charge in [-0.1, -0.05) is 0 Å². The number of nitrogens with zero attached hydrogens (tertiary/aromatic N) is 1. The number of hydrogen-bond donors (Lipinski definition) is 0. The molecule has 4 bridgehead atoms. The maximum Gasteiger partial charge on any atom is 0.233 e. The van der Waals surface area contributed by atoms with Crippen LogP contribution >= 0.6 is 0 Å². The van der Waals surface area contributed by atoms with Gasteiger partial charge in [-0.2, -0.15) is 0 Å². The zero-order valence-corrected chi connectivity index (χ0v) is 8.78. The van der Waals surface area contributed by atoms with E-state index in [1.165, 1.54) is 6.42 Å². The molecule has 0 aromatic rings. The molecule has 5 saturated carbocycles. The fraction of sp³-hybridized carbons (Fsp3) is 1.00. The van der Waals surface area contributed by atoms with Crippen LogP contribution in [0.25, 0.3) is 0 Å². The summed E-state index contributed by atoms with van der Waals surface area (Å²) in [7, 11) is 0. The first-order valence-corrected chi connectivity index (χ1v) is 6.54. The van der Waals surface area contributed by atoms with Gasteiger partial charge in [-0.25, -0.2) is 0 Å². The number of hydrogen-bond acceptors (Lipinski definition) is 3. The second kappa shape index (κ2) is 1.74. The molecule has 4 nitrogen and oxygen atoms in total. The van der Waals surface area contributed by atoms with Crippen molar-refractivity contribution in [2.45, 2.75) is 18.1 Å². The molecule has 0 aromatic heterocycles. The maximum atomic E-state index is 10.9. The van der Waals surface area contributed by atoms with Gasteiger partial charge in [0, 0.05) is 16.8 Å². The van der Waals surface area contributed by atoms with Crippen LogP contribution in [0.5, 0.6) is 0 Å². The van der Waals surface area contributed by atoms with Crippen LogP contribution < -0.4 is 0 Å². The molecule has 0 N–H and O–H groups in total. The zero-order chi connectivity index (χ0) is 10.4. The third kappa shape index (κ3) is 0.424. The van der Waals surface area contributed by atoms with Crippen LogP contribution in [0.2, 0.25) is 0 Å². The highest BCUT2D eigenvalue weighted by Gasteiger charge is 2.93. The van der Waals surface area contributed by atoms with Gasteiger partial charge in [0.2, 0.25) is 6.54 Å². The molecule has 0 radical (unpaired) electrons. The van der Waals surface area contributed by atoms with Crippen molar-refractivity contribution in [1.29, 1.82) is 0 Å². The molecule has 0 aromatic carbocycles. The molecule has 2 aliphatic heterocycles. The van der Waals surface area contributed by atoms with Crippen molar-refractivity contribution in [2.75, 3.05) is 6.54 Å². The predicted molar refractivity (Wildman–Crippen MR) is 52.0 cm³/mol. The summed E-state index contributed by atoms with van der Waals surface area (Å²) in [4.78, 5) is 10.8. The van der Waals surface area contributed by atoms with E-state index in [0.29, 0.717) is 17.9 Å². The molecule has 2 saturated heterocycles. The minimum atomic E-state index is -0.291. The lowest BCUT2D eigenvalue weighted by molar-refractivity contribution is -0.503. The molecule has 0 amide bonds. The van der Waals surface area contributed by atoms with Crippen LogP contribution in [-0.2, 0) is 4.74 Å². The normalized spacial score (nSPS) is 77.9. The van der Waals surface area contributed by atoms with Crippen molar-refractivity contribution < 1.29 is 9.66 Å². The van der Waals surface area contributed by atoms with Gasteiger partial charge in [0.15, 0.2) is 0 Å². The van der Waals surface area contributed by atoms with Crippen LogP contribution in [0, 0.1) is 57.5 Å². The van der Waals surface area contributed by atoms with Gasteiger partial charge >= 0.3 is 0 Å². The Morgan fingerprint density at radius 2 is 2.06 bits per heavy atom. The fourth-order valence-corrected chi connectivity index (χ4v) is 7.66. The SMILES string of the molecule is O=[N+]([O-])C[C@@]12O[C@H]3[C@@H]4[C@H]5[C@@H]6C[C@@H]([C@@H]5[C@@H]41)[C@@H]2[C@@H]63. The summed E-state index contributed by atoms with van der Waals surface area (Å²) in [5, 5.41) is 10.9. The molecule has 2 heterocycles. The van der Waals surface area contributed by atoms with Crippen molar-refractivity contribution in [3.05, 3.63) is 10.1 Å². The Bertz CT molecular complexity index is 455. The lowest BCUT2D eigenvalue weighted by Crippen LogP contribution is -2.51. The van der Waals surface area contributed by atoms with Crippen LogP contribution in [-0.4, -0.2) is 23.2 Å². The highest BCUT2D eigenvalue weighted by atomic mass is 16.6. The van der Waals surface area contributed by atoms with Gasteiger partial charge in [-0.05, 0) is 41.9 Å². The summed E-state index contributed by atoms with van der Waals surface area (Å²) in [5.74, 6) is 6.13. The highest BCUT2D eigenvalue weighted by molar-refractivity contribution is 5.39. The van der Waals surface area contributed by atoms with E-state index in [1.54, 1.807) is 0 Å². The Labute approximate surface area is 92.5 Å². The quantitative estimate of drug-likeness (QED) is 0.509. The van der Waals surface area contributed by atoms with Crippen molar-refractivity contribution in [1.82, 2.24) is 0 Å². The summed E-state index contributed by atoms with van der Waals surface area (Å²) in [6, 6.07) is 0. The van der Waals surface area contributed by atoms with E-state index in [4.69, 9.17) is 4.74 Å². The van der Waals surface area contributed by atoms with E-state index in [2.05, 4.69) is 0 Å². The third-order valence-corrected chi connectivity index (χ3v) is 7.24. The van der Waals surface area contributed by atoms with Gasteiger partial charge in [-0.15, -0.1) is 0 Å². The zero-order valence-electron chi connectivity index (χ0n) is 8.78. The Morgan fingerprint density at radius 1 is 1.19 bits per heavy atom. The molecule has 7 rings (SSSR count). The van der Waals surface area contributed by atoms with Gasteiger partial charge in [0.1, 0.15) is 5.60 Å². The van der Waals surface area contributed by atoms with Crippen molar-refractivity contribution in [3.63, 3.8) is 0 Å². The molecule has 0 spiro atoms. The average Bonchev–Trinajstić information content (AvgIpc) is 2.73. The standard InChI is InChI=1S/C12H13NO3/c14-13(15)2-12-9-4-1-3-5-6(4)10(12)8(5)11(16-12)7(3)9/h3-11H,1-2H2/t3-,4-,5-,6-,7+,8+,9+,10-,11+,12-/m0/s1. The highest BCUT2D eigenvalue weighted by Crippen LogP contribution is 2.90. The van der Waals surface area contributed by atoms with Gasteiger partial charge < -0.3 is 4.74 Å². The lowest BCUT2D eigenvalue weighted by atomic mass is 9.57. The summed E-state index contributed by atoms with van der Waals surface area (Å²) >= 11 is 0. The molecule has 84 valence electrons. The van der Waals surface area contributed by atoms with Crippen LogP contribution in [0.1, 0.15) is 6.42 Å². The smallest absolute Gasteiger partial charge is 0.233 e. The molecule has 7 fully saturated rings. The molecule has 4 heteroatoms. The number of rotatable bonds is 2. The second-order valence-corrected chi connectivity index (χ2v) is 6.95. The second-order valence-electron chi connectivity index (χ2n) is 6.95. The number of ether oxygens (including phenoxy) is 1. The van der Waals surface area contributed by atoms with Crippen molar-refractivity contribution >= 4 is 0 Å². The third-order valence-electron chi connectivity index (χ3n) is 7.24. The van der Waals surface area contributed by atoms with E-state index in [9.17, 15) is 10.1 Å². The van der Waals surface area contributed by atoms with Gasteiger partial charge in [-0.3, -0.25) is 10.1 Å². The molecule has 10 atom stereocenters. The minimum absolute atomic E-state index is 0.0955. The molecule has 16 heavy (non-hydrogen) atoms. The average molecular weight is 219 g/mol. The monoisotopic (exact) mass is 219 g/mol. The largest absolute Gasteiger partial charge is 0.364 e. The van der Waals surface area contributed by atoms with Crippen LogP contribution in [0.15, 0.2) is 0 Å². The Balaban J connectivity index is 1.62. The Morgan fingerprint density at radius 3 is 2.88 bits per heavy atom. The first-order valence-electron chi connectivity index (χ1n) is 6.54. The molecule has 5 aliphatic carbocycles. The molecular weight excluding hydrogens is 206 g/mol. The van der Waals surface area contributed by atoms with Crippen LogP contribution in [0.4, 0.5) is 0 Å². The summed E-state index contributed by atoms with van der Waals surface area (Å²) in [6.07, 6.45) is 1.82. The number of nitro groups is 1. The minimum Gasteiger partial charge on any atom is -0.364 e. The molecule has 7 aliphatic rings. The van der Waals surface area contributed by atoms with Crippen LogP contribution in [0.3, 0.4) is 0 Å². The molecular formula is C12H13NO3. The maximum absolute atomic E-state index is 10.9. The first kappa shape index (κ1) is 7.64. The van der Waals surface area contributed by atoms with Crippen molar-refractivity contribution in [3.8, 4) is 0 Å². The Kier molecular flexibility index (Phi) is 0.832. The topological polar surface area (TPSA) is 52.4 Å². The molecule has 0 unspecified atom stereocenters. The van der Waals surface area contributed by atoms with Gasteiger partial charge in [0.25, 0.3) is 0 Å². The van der Waals surface area contributed by atoms with E-state index >= 15 is 0 Å². The first-order chi connectivity index (χ1) is 7.74. The Hall–Kier alpha value is -0.640. The lowest BCUT2D eigenvalue weighted by Gasteiger charge is -2.44.